The summed E-state index contributed by atoms with van der Waals surface area (Å²) in [5, 5.41) is 10.1. The van der Waals surface area contributed by atoms with Crippen molar-refractivity contribution >= 4 is 11.9 Å². The van der Waals surface area contributed by atoms with Crippen LogP contribution >= 0.6 is 0 Å². The van der Waals surface area contributed by atoms with E-state index < -0.39 is 6.10 Å². The van der Waals surface area contributed by atoms with E-state index in [2.05, 4.69) is 13.8 Å². The highest BCUT2D eigenvalue weighted by Gasteiger charge is 2.12. The molecule has 0 saturated heterocycles. The molecular weight excluding hydrogens is 645 g/mol. The molecule has 0 aliphatic carbocycles. The molecule has 0 fully saturated rings. The molecule has 0 radical (unpaired) electrons. The van der Waals surface area contributed by atoms with Gasteiger partial charge in [0.25, 0.3) is 0 Å². The van der Waals surface area contributed by atoms with Crippen molar-refractivity contribution < 1.29 is 24.2 Å². The lowest BCUT2D eigenvalue weighted by molar-refractivity contribution is -0.152. The maximum Gasteiger partial charge on any atom is 0.305 e. The summed E-state index contributed by atoms with van der Waals surface area (Å²) < 4.78 is 10.4. The molecule has 5 heteroatoms. The summed E-state index contributed by atoms with van der Waals surface area (Å²) in [6.07, 6.45) is 50.4. The fourth-order valence-corrected chi connectivity index (χ4v) is 7.27. The average Bonchev–Trinajstić information content (AvgIpc) is 3.15. The monoisotopic (exact) mass is 737 g/mol. The van der Waals surface area contributed by atoms with Gasteiger partial charge in [-0.25, -0.2) is 0 Å². The molecule has 0 bridgehead atoms. The van der Waals surface area contributed by atoms with Gasteiger partial charge < -0.3 is 14.6 Å². The van der Waals surface area contributed by atoms with E-state index in [-0.39, 0.29) is 25.2 Å². The smallest absolute Gasteiger partial charge is 0.305 e. The molecule has 310 valence electrons. The molecule has 0 aromatic heterocycles. The lowest BCUT2D eigenvalue weighted by Gasteiger charge is -2.12. The SMILES string of the molecule is CCCCCCCCCCCCCCCCCCCCCCCC(=O)OCC(O)COC(=O)CCCCCCCCCCCCCCCCCCC. The molecule has 52 heavy (non-hydrogen) atoms. The molecule has 1 N–H and O–H groups in total. The first kappa shape index (κ1) is 50.9. The Morgan fingerprint density at radius 3 is 0.692 bits per heavy atom. The number of unbranched alkanes of at least 4 members (excludes halogenated alkanes) is 36. The van der Waals surface area contributed by atoms with Gasteiger partial charge in [-0.15, -0.1) is 0 Å². The Hall–Kier alpha value is -1.10. The molecule has 0 aliphatic heterocycles. The van der Waals surface area contributed by atoms with E-state index >= 15 is 0 Å². The fourth-order valence-electron chi connectivity index (χ4n) is 7.27. The van der Waals surface area contributed by atoms with Gasteiger partial charge >= 0.3 is 11.9 Å². The zero-order valence-electron chi connectivity index (χ0n) is 35.4. The van der Waals surface area contributed by atoms with E-state index in [1.165, 1.54) is 218 Å². The second kappa shape index (κ2) is 44.3. The van der Waals surface area contributed by atoms with Gasteiger partial charge in [0.15, 0.2) is 0 Å². The van der Waals surface area contributed by atoms with Crippen molar-refractivity contribution in [2.45, 2.75) is 277 Å². The number of carbonyl (C=O) groups is 2. The highest BCUT2D eigenvalue weighted by molar-refractivity contribution is 5.69. The zero-order valence-corrected chi connectivity index (χ0v) is 35.4. The molecule has 0 saturated carbocycles. The van der Waals surface area contributed by atoms with Gasteiger partial charge in [0, 0.05) is 12.8 Å². The van der Waals surface area contributed by atoms with Crippen LogP contribution in [0.3, 0.4) is 0 Å². The summed E-state index contributed by atoms with van der Waals surface area (Å²) in [5.41, 5.74) is 0. The van der Waals surface area contributed by atoms with Crippen LogP contribution in [0.15, 0.2) is 0 Å². The molecule has 0 spiro atoms. The Bertz CT molecular complexity index is 710. The number of hydrogen-bond donors (Lipinski definition) is 1. The van der Waals surface area contributed by atoms with Crippen LogP contribution in [0.5, 0.6) is 0 Å². The first-order valence-electron chi connectivity index (χ1n) is 23.6. The van der Waals surface area contributed by atoms with Gasteiger partial charge in [-0.1, -0.05) is 245 Å². The van der Waals surface area contributed by atoms with Crippen molar-refractivity contribution in [3.05, 3.63) is 0 Å². The van der Waals surface area contributed by atoms with Crippen LogP contribution < -0.4 is 0 Å². The summed E-state index contributed by atoms with van der Waals surface area (Å²) in [5.74, 6) is -0.544. The number of aliphatic hydroxyl groups excluding tert-OH is 1. The maximum atomic E-state index is 12.0. The quantitative estimate of drug-likeness (QED) is 0.0498. The molecule has 0 heterocycles. The van der Waals surface area contributed by atoms with Gasteiger partial charge in [-0.05, 0) is 12.8 Å². The van der Waals surface area contributed by atoms with E-state index in [1.54, 1.807) is 0 Å². The summed E-state index contributed by atoms with van der Waals surface area (Å²) in [6, 6.07) is 0. The minimum atomic E-state index is -0.955. The highest BCUT2D eigenvalue weighted by atomic mass is 16.6. The van der Waals surface area contributed by atoms with Crippen molar-refractivity contribution in [3.8, 4) is 0 Å². The van der Waals surface area contributed by atoms with Crippen LogP contribution in [0.25, 0.3) is 0 Å². The van der Waals surface area contributed by atoms with Gasteiger partial charge in [0.1, 0.15) is 19.3 Å². The molecule has 0 aromatic carbocycles. The van der Waals surface area contributed by atoms with E-state index in [9.17, 15) is 14.7 Å². The second-order valence-corrected chi connectivity index (χ2v) is 16.2. The minimum Gasteiger partial charge on any atom is -0.463 e. The van der Waals surface area contributed by atoms with Crippen LogP contribution in [0.2, 0.25) is 0 Å². The number of carbonyl (C=O) groups excluding carboxylic acids is 2. The molecular formula is C47H92O5. The van der Waals surface area contributed by atoms with E-state index in [0.717, 1.165) is 25.7 Å². The van der Waals surface area contributed by atoms with Crippen LogP contribution in [0, 0.1) is 0 Å². The Labute approximate surface area is 325 Å². The minimum absolute atomic E-state index is 0.107. The molecule has 0 rings (SSSR count). The average molecular weight is 737 g/mol. The third-order valence-corrected chi connectivity index (χ3v) is 10.8. The van der Waals surface area contributed by atoms with Crippen molar-refractivity contribution in [2.24, 2.45) is 0 Å². The van der Waals surface area contributed by atoms with Gasteiger partial charge in [-0.3, -0.25) is 9.59 Å². The van der Waals surface area contributed by atoms with Gasteiger partial charge in [0.05, 0.1) is 0 Å². The number of esters is 2. The van der Waals surface area contributed by atoms with Crippen molar-refractivity contribution in [1.29, 1.82) is 0 Å². The van der Waals surface area contributed by atoms with Gasteiger partial charge in [-0.2, -0.15) is 0 Å². The lowest BCUT2D eigenvalue weighted by Crippen LogP contribution is -2.25. The number of aliphatic hydroxyl groups is 1. The van der Waals surface area contributed by atoms with Crippen molar-refractivity contribution in [2.75, 3.05) is 13.2 Å². The number of rotatable bonds is 44. The van der Waals surface area contributed by atoms with E-state index in [0.29, 0.717) is 12.8 Å². The van der Waals surface area contributed by atoms with Crippen LogP contribution in [-0.2, 0) is 19.1 Å². The summed E-state index contributed by atoms with van der Waals surface area (Å²) in [4.78, 5) is 24.0. The Kier molecular flexibility index (Phi) is 43.4. The molecule has 0 aromatic rings. The molecule has 0 aliphatic rings. The Morgan fingerprint density at radius 1 is 0.327 bits per heavy atom. The predicted molar refractivity (Wildman–Crippen MR) is 224 cm³/mol. The molecule has 1 unspecified atom stereocenters. The standard InChI is InChI=1S/C47H92O5/c1-3-5-7-9-11-13-15-17-19-21-22-23-24-26-28-30-32-34-36-38-40-42-47(50)52-44-45(48)43-51-46(49)41-39-37-35-33-31-29-27-25-20-18-16-14-12-10-8-6-4-2/h45,48H,3-44H2,1-2H3. The summed E-state index contributed by atoms with van der Waals surface area (Å²) in [7, 11) is 0. The third-order valence-electron chi connectivity index (χ3n) is 10.8. The zero-order chi connectivity index (χ0) is 37.8. The van der Waals surface area contributed by atoms with Crippen molar-refractivity contribution in [1.82, 2.24) is 0 Å². The maximum absolute atomic E-state index is 12.0. The lowest BCUT2D eigenvalue weighted by atomic mass is 10.0. The Balaban J connectivity index is 3.34. The fraction of sp³-hybridized carbons (Fsp3) is 0.957. The highest BCUT2D eigenvalue weighted by Crippen LogP contribution is 2.17. The third kappa shape index (κ3) is 43.3. The predicted octanol–water partition coefficient (Wildman–Crippen LogP) is 15.1. The first-order valence-corrected chi connectivity index (χ1v) is 23.6. The van der Waals surface area contributed by atoms with E-state index in [1.807, 2.05) is 0 Å². The molecule has 5 nitrogen and oxygen atoms in total. The summed E-state index contributed by atoms with van der Waals surface area (Å²) >= 11 is 0. The molecule has 1 atom stereocenters. The van der Waals surface area contributed by atoms with Crippen LogP contribution in [0.1, 0.15) is 271 Å². The van der Waals surface area contributed by atoms with Crippen molar-refractivity contribution in [3.63, 3.8) is 0 Å². The first-order chi connectivity index (χ1) is 25.6. The van der Waals surface area contributed by atoms with E-state index in [4.69, 9.17) is 9.47 Å². The van der Waals surface area contributed by atoms with Crippen LogP contribution in [0.4, 0.5) is 0 Å². The number of hydrogen-bond acceptors (Lipinski definition) is 5. The molecule has 0 amide bonds. The Morgan fingerprint density at radius 2 is 0.500 bits per heavy atom. The van der Waals surface area contributed by atoms with Crippen LogP contribution in [-0.4, -0.2) is 36.4 Å². The van der Waals surface area contributed by atoms with Gasteiger partial charge in [0.2, 0.25) is 0 Å². The second-order valence-electron chi connectivity index (χ2n) is 16.2. The topological polar surface area (TPSA) is 72.8 Å². The largest absolute Gasteiger partial charge is 0.463 e. The normalized spacial score (nSPS) is 12.0. The number of ether oxygens (including phenoxy) is 2. The summed E-state index contributed by atoms with van der Waals surface area (Å²) in [6.45, 7) is 4.35.